The third-order valence-electron chi connectivity index (χ3n) is 4.25. The Morgan fingerprint density at radius 2 is 1.90 bits per heavy atom. The third-order valence-corrected chi connectivity index (χ3v) is 4.25. The number of anilines is 1. The van der Waals surface area contributed by atoms with Crippen LogP contribution in [0.4, 0.5) is 5.82 Å². The highest BCUT2D eigenvalue weighted by molar-refractivity contribution is 5.68. The second kappa shape index (κ2) is 5.85. The zero-order valence-corrected chi connectivity index (χ0v) is 12.8. The third kappa shape index (κ3) is 2.78. The van der Waals surface area contributed by atoms with Crippen LogP contribution in [0.5, 0.6) is 0 Å². The molecule has 2 aromatic heterocycles. The fourth-order valence-corrected chi connectivity index (χ4v) is 2.89. The molecule has 3 rings (SSSR count). The van der Waals surface area contributed by atoms with E-state index in [4.69, 9.17) is 5.73 Å². The molecule has 0 atom stereocenters. The van der Waals surface area contributed by atoms with E-state index in [1.54, 1.807) is 10.9 Å². The molecule has 0 saturated carbocycles. The van der Waals surface area contributed by atoms with E-state index in [0.29, 0.717) is 5.82 Å². The summed E-state index contributed by atoms with van der Waals surface area (Å²) in [6.07, 6.45) is 5.74. The van der Waals surface area contributed by atoms with E-state index in [2.05, 4.69) is 24.8 Å². The normalized spacial score (nSPS) is 16.5. The molecule has 1 saturated heterocycles. The zero-order valence-electron chi connectivity index (χ0n) is 12.8. The van der Waals surface area contributed by atoms with Crippen LogP contribution in [0, 0.1) is 6.92 Å². The van der Waals surface area contributed by atoms with E-state index in [1.807, 2.05) is 14.0 Å². The smallest absolute Gasteiger partial charge is 0.169 e. The van der Waals surface area contributed by atoms with Crippen molar-refractivity contribution in [3.05, 3.63) is 12.0 Å². The minimum atomic E-state index is 0.627. The molecule has 114 valence electrons. The fraction of sp³-hybridized carbons (Fsp3) is 0.643. The first-order chi connectivity index (χ1) is 10.2. The zero-order chi connectivity index (χ0) is 14.8. The van der Waals surface area contributed by atoms with Crippen LogP contribution in [0.15, 0.2) is 6.20 Å². The van der Waals surface area contributed by atoms with Crippen LogP contribution in [0.2, 0.25) is 0 Å². The van der Waals surface area contributed by atoms with Crippen molar-refractivity contribution in [1.82, 2.24) is 29.4 Å². The van der Waals surface area contributed by atoms with Crippen molar-refractivity contribution in [2.45, 2.75) is 32.7 Å². The molecule has 0 unspecified atom stereocenters. The fourth-order valence-electron chi connectivity index (χ4n) is 2.89. The van der Waals surface area contributed by atoms with Gasteiger partial charge in [-0.1, -0.05) is 6.42 Å². The maximum Gasteiger partial charge on any atom is 0.169 e. The summed E-state index contributed by atoms with van der Waals surface area (Å²) in [6, 6.07) is 0. The van der Waals surface area contributed by atoms with Crippen molar-refractivity contribution in [2.75, 3.05) is 25.4 Å². The topological polar surface area (TPSA) is 77.8 Å². The molecule has 1 aliphatic heterocycles. The monoisotopic (exact) mass is 289 g/mol. The van der Waals surface area contributed by atoms with Crippen LogP contribution in [0.1, 0.15) is 25.1 Å². The van der Waals surface area contributed by atoms with Gasteiger partial charge in [0, 0.05) is 20.1 Å². The van der Waals surface area contributed by atoms with Crippen LogP contribution in [0.3, 0.4) is 0 Å². The molecule has 7 heteroatoms. The Hall–Kier alpha value is -1.89. The number of nitrogens with zero attached hydrogens (tertiary/aromatic N) is 6. The van der Waals surface area contributed by atoms with Gasteiger partial charge in [-0.25, -0.2) is 0 Å². The number of likely N-dealkylation sites (tertiary alicyclic amines) is 1. The molecular weight excluding hydrogens is 266 g/mol. The second-order valence-electron chi connectivity index (χ2n) is 5.69. The molecule has 7 nitrogen and oxygen atoms in total. The van der Waals surface area contributed by atoms with Gasteiger partial charge in [-0.15, -0.1) is 10.2 Å². The van der Waals surface area contributed by atoms with Crippen molar-refractivity contribution >= 4 is 5.82 Å². The number of piperidine rings is 1. The number of hydrogen-bond acceptors (Lipinski definition) is 5. The highest BCUT2D eigenvalue weighted by Crippen LogP contribution is 2.24. The van der Waals surface area contributed by atoms with Crippen LogP contribution in [-0.4, -0.2) is 49.1 Å². The standard InChI is InChI=1S/C14H23N7/c1-11-17-18-14(12-10-16-19(2)13(12)15)21(11)9-8-20-6-4-3-5-7-20/h10H,3-9,15H2,1-2H3. The highest BCUT2D eigenvalue weighted by Gasteiger charge is 2.17. The van der Waals surface area contributed by atoms with Gasteiger partial charge in [0.15, 0.2) is 5.82 Å². The van der Waals surface area contributed by atoms with Crippen molar-refractivity contribution < 1.29 is 0 Å². The lowest BCUT2D eigenvalue weighted by molar-refractivity contribution is 0.220. The lowest BCUT2D eigenvalue weighted by Gasteiger charge is -2.26. The Morgan fingerprint density at radius 1 is 1.14 bits per heavy atom. The lowest BCUT2D eigenvalue weighted by Crippen LogP contribution is -2.32. The quantitative estimate of drug-likeness (QED) is 0.910. The van der Waals surface area contributed by atoms with Crippen LogP contribution >= 0.6 is 0 Å². The Balaban J connectivity index is 1.78. The number of aryl methyl sites for hydroxylation is 2. The molecule has 0 aromatic carbocycles. The molecule has 3 heterocycles. The molecule has 0 bridgehead atoms. The summed E-state index contributed by atoms with van der Waals surface area (Å²) in [6.45, 7) is 6.31. The molecule has 1 fully saturated rings. The maximum absolute atomic E-state index is 6.06. The summed E-state index contributed by atoms with van der Waals surface area (Å²) in [4.78, 5) is 2.51. The van der Waals surface area contributed by atoms with Gasteiger partial charge < -0.3 is 15.2 Å². The predicted molar refractivity (Wildman–Crippen MR) is 81.7 cm³/mol. The van der Waals surface area contributed by atoms with Gasteiger partial charge in [0.25, 0.3) is 0 Å². The number of hydrogen-bond donors (Lipinski definition) is 1. The van der Waals surface area contributed by atoms with Gasteiger partial charge in [-0.3, -0.25) is 4.68 Å². The summed E-state index contributed by atoms with van der Waals surface area (Å²) in [7, 11) is 1.83. The van der Waals surface area contributed by atoms with E-state index >= 15 is 0 Å². The van der Waals surface area contributed by atoms with Gasteiger partial charge in [0.1, 0.15) is 11.6 Å². The van der Waals surface area contributed by atoms with E-state index in [1.165, 1.54) is 32.4 Å². The van der Waals surface area contributed by atoms with E-state index in [9.17, 15) is 0 Å². The number of nitrogens with two attached hydrogens (primary N) is 1. The first-order valence-corrected chi connectivity index (χ1v) is 7.57. The van der Waals surface area contributed by atoms with Gasteiger partial charge >= 0.3 is 0 Å². The van der Waals surface area contributed by atoms with Gasteiger partial charge in [-0.2, -0.15) is 5.10 Å². The summed E-state index contributed by atoms with van der Waals surface area (Å²) in [5.74, 6) is 2.36. The van der Waals surface area contributed by atoms with E-state index in [-0.39, 0.29) is 0 Å². The Kier molecular flexibility index (Phi) is 3.92. The molecule has 1 aliphatic rings. The van der Waals surface area contributed by atoms with E-state index in [0.717, 1.165) is 30.3 Å². The van der Waals surface area contributed by atoms with Gasteiger partial charge in [0.05, 0.1) is 11.8 Å². The Labute approximate surface area is 124 Å². The average molecular weight is 289 g/mol. The van der Waals surface area contributed by atoms with E-state index < -0.39 is 0 Å². The van der Waals surface area contributed by atoms with Crippen molar-refractivity contribution in [3.63, 3.8) is 0 Å². The molecule has 0 amide bonds. The van der Waals surface area contributed by atoms with Crippen molar-refractivity contribution in [2.24, 2.45) is 7.05 Å². The molecule has 0 radical (unpaired) electrons. The molecule has 0 aliphatic carbocycles. The average Bonchev–Trinajstić information content (AvgIpc) is 3.02. The summed E-state index contributed by atoms with van der Waals surface area (Å²) >= 11 is 0. The Bertz CT molecular complexity index is 607. The van der Waals surface area contributed by atoms with Crippen LogP contribution < -0.4 is 5.73 Å². The molecular formula is C14H23N7. The van der Waals surface area contributed by atoms with Crippen molar-refractivity contribution in [1.29, 1.82) is 0 Å². The lowest BCUT2D eigenvalue weighted by atomic mass is 10.1. The van der Waals surface area contributed by atoms with Crippen molar-refractivity contribution in [3.8, 4) is 11.4 Å². The molecule has 2 aromatic rings. The predicted octanol–water partition coefficient (Wildman–Crippen LogP) is 1.06. The highest BCUT2D eigenvalue weighted by atomic mass is 15.3. The first-order valence-electron chi connectivity index (χ1n) is 7.57. The summed E-state index contributed by atoms with van der Waals surface area (Å²) < 4.78 is 3.80. The summed E-state index contributed by atoms with van der Waals surface area (Å²) in [5, 5.41) is 12.7. The molecule has 21 heavy (non-hydrogen) atoms. The minimum absolute atomic E-state index is 0.627. The summed E-state index contributed by atoms with van der Waals surface area (Å²) in [5.41, 5.74) is 6.92. The number of nitrogen functional groups attached to an aromatic ring is 1. The van der Waals surface area contributed by atoms with Gasteiger partial charge in [0.2, 0.25) is 0 Å². The van der Waals surface area contributed by atoms with Crippen LogP contribution in [-0.2, 0) is 13.6 Å². The largest absolute Gasteiger partial charge is 0.383 e. The second-order valence-corrected chi connectivity index (χ2v) is 5.69. The first kappa shape index (κ1) is 14.1. The molecule has 2 N–H and O–H groups in total. The van der Waals surface area contributed by atoms with Crippen LogP contribution in [0.25, 0.3) is 11.4 Å². The molecule has 0 spiro atoms. The SMILES string of the molecule is Cc1nnc(-c2cnn(C)c2N)n1CCN1CCCCC1. The minimum Gasteiger partial charge on any atom is -0.383 e. The maximum atomic E-state index is 6.06. The Morgan fingerprint density at radius 3 is 2.57 bits per heavy atom. The number of aromatic nitrogens is 5. The number of rotatable bonds is 4. The van der Waals surface area contributed by atoms with Gasteiger partial charge in [-0.05, 0) is 32.9 Å².